The van der Waals surface area contributed by atoms with Gasteiger partial charge in [0.1, 0.15) is 11.6 Å². The Kier molecular flexibility index (Phi) is 4.68. The fraction of sp³-hybridized carbons (Fsp3) is 0.316. The van der Waals surface area contributed by atoms with Crippen LogP contribution in [0.25, 0.3) is 5.52 Å². The van der Waals surface area contributed by atoms with Gasteiger partial charge in [0.15, 0.2) is 0 Å². The van der Waals surface area contributed by atoms with Crippen molar-refractivity contribution in [3.63, 3.8) is 0 Å². The van der Waals surface area contributed by atoms with Crippen LogP contribution < -0.4 is 11.1 Å². The average Bonchev–Trinajstić information content (AvgIpc) is 3.02. The maximum atomic E-state index is 13.4. The van der Waals surface area contributed by atoms with Gasteiger partial charge in [-0.15, -0.1) is 0 Å². The number of hydrogen-bond acceptors (Lipinski definition) is 5. The van der Waals surface area contributed by atoms with E-state index in [-0.39, 0.29) is 18.7 Å². The van der Waals surface area contributed by atoms with Gasteiger partial charge in [0, 0.05) is 38.7 Å². The van der Waals surface area contributed by atoms with Crippen LogP contribution in [0.3, 0.4) is 0 Å². The third-order valence-electron chi connectivity index (χ3n) is 4.80. The van der Waals surface area contributed by atoms with Crippen molar-refractivity contribution in [2.24, 2.45) is 0 Å². The normalized spacial score (nSPS) is 16.9. The van der Waals surface area contributed by atoms with Gasteiger partial charge in [0.05, 0.1) is 11.2 Å². The van der Waals surface area contributed by atoms with Crippen molar-refractivity contribution in [1.29, 1.82) is 0 Å². The van der Waals surface area contributed by atoms with Crippen molar-refractivity contribution in [2.75, 3.05) is 24.1 Å². The van der Waals surface area contributed by atoms with Crippen LogP contribution in [0.4, 0.5) is 20.4 Å². The molecule has 3 N–H and O–H groups in total. The van der Waals surface area contributed by atoms with E-state index in [9.17, 15) is 13.6 Å². The molecule has 0 aliphatic carbocycles. The number of nitrogens with zero attached hydrogens (tertiary/aromatic N) is 4. The van der Waals surface area contributed by atoms with Gasteiger partial charge in [0.25, 0.3) is 11.8 Å². The number of rotatable bonds is 4. The van der Waals surface area contributed by atoms with Gasteiger partial charge < -0.3 is 11.1 Å². The number of pyridine rings is 2. The molecule has 0 unspecified atom stereocenters. The van der Waals surface area contributed by atoms with E-state index in [1.54, 1.807) is 34.9 Å². The van der Waals surface area contributed by atoms with E-state index >= 15 is 0 Å². The predicted octanol–water partition coefficient (Wildman–Crippen LogP) is 2.79. The fourth-order valence-electron chi connectivity index (χ4n) is 3.32. The van der Waals surface area contributed by atoms with Crippen LogP contribution in [0.1, 0.15) is 29.2 Å². The Hall–Kier alpha value is -3.07. The minimum Gasteiger partial charge on any atom is -0.384 e. The van der Waals surface area contributed by atoms with Crippen LogP contribution in [0, 0.1) is 0 Å². The first-order valence-corrected chi connectivity index (χ1v) is 9.01. The molecule has 7 nitrogen and oxygen atoms in total. The minimum absolute atomic E-state index is 0.159. The Labute approximate surface area is 160 Å². The fourth-order valence-corrected chi connectivity index (χ4v) is 3.32. The molecule has 28 heavy (non-hydrogen) atoms. The Morgan fingerprint density at radius 1 is 1.14 bits per heavy atom. The molecule has 1 saturated heterocycles. The zero-order chi connectivity index (χ0) is 19.7. The van der Waals surface area contributed by atoms with E-state index in [0.717, 1.165) is 5.52 Å². The Bertz CT molecular complexity index is 1010. The topological polar surface area (TPSA) is 88.5 Å². The number of anilines is 2. The summed E-state index contributed by atoms with van der Waals surface area (Å²) in [6.07, 6.45) is 1.43. The number of hydrogen-bond donors (Lipinski definition) is 2. The van der Waals surface area contributed by atoms with Gasteiger partial charge in [0.2, 0.25) is 5.82 Å². The minimum atomic E-state index is -2.59. The number of halogens is 2. The van der Waals surface area contributed by atoms with Crippen LogP contribution in [0.2, 0.25) is 0 Å². The molecule has 0 spiro atoms. The second-order valence-corrected chi connectivity index (χ2v) is 6.87. The summed E-state index contributed by atoms with van der Waals surface area (Å²) in [6.45, 7) is 1.01. The third-order valence-corrected chi connectivity index (χ3v) is 4.80. The van der Waals surface area contributed by atoms with Crippen molar-refractivity contribution in [3.05, 3.63) is 54.1 Å². The van der Waals surface area contributed by atoms with E-state index in [1.165, 1.54) is 0 Å². The highest BCUT2D eigenvalue weighted by Crippen LogP contribution is 2.28. The highest BCUT2D eigenvalue weighted by atomic mass is 19.3. The largest absolute Gasteiger partial charge is 0.384 e. The summed E-state index contributed by atoms with van der Waals surface area (Å²) in [7, 11) is 0. The lowest BCUT2D eigenvalue weighted by Crippen LogP contribution is -2.38. The summed E-state index contributed by atoms with van der Waals surface area (Å²) in [6, 6.07) is 10.5. The van der Waals surface area contributed by atoms with Crippen molar-refractivity contribution in [1.82, 2.24) is 19.3 Å². The molecule has 0 aromatic carbocycles. The standard InChI is InChI=1S/C19H20F2N6O/c20-19(21)7-10-26(11-8-19)12-13-14-4-1-2-9-27(14)17(23-13)18(28)25-16-6-3-5-15(22)24-16/h1-6,9H,7-8,10-12H2,(H3,22,24,25,28). The first kappa shape index (κ1) is 18.3. The smallest absolute Gasteiger partial charge is 0.293 e. The van der Waals surface area contributed by atoms with Gasteiger partial charge in [-0.3, -0.25) is 14.1 Å². The molecule has 1 aliphatic rings. The van der Waals surface area contributed by atoms with Crippen LogP contribution in [-0.2, 0) is 6.54 Å². The number of carbonyl (C=O) groups excluding carboxylic acids is 1. The molecule has 1 fully saturated rings. The summed E-state index contributed by atoms with van der Waals surface area (Å²) in [5.41, 5.74) is 7.10. The Morgan fingerprint density at radius 2 is 1.93 bits per heavy atom. The number of piperidine rings is 1. The molecule has 4 rings (SSSR count). The number of carbonyl (C=O) groups is 1. The van der Waals surface area contributed by atoms with Gasteiger partial charge in [-0.2, -0.15) is 0 Å². The molecule has 4 heterocycles. The number of imidazole rings is 1. The molecule has 3 aromatic rings. The number of fused-ring (bicyclic) bond motifs is 1. The number of nitrogen functional groups attached to an aromatic ring is 1. The summed E-state index contributed by atoms with van der Waals surface area (Å²) in [4.78, 5) is 23.2. The Morgan fingerprint density at radius 3 is 2.68 bits per heavy atom. The maximum absolute atomic E-state index is 13.4. The molecule has 1 aliphatic heterocycles. The van der Waals surface area contributed by atoms with Gasteiger partial charge in [-0.25, -0.2) is 18.7 Å². The van der Waals surface area contributed by atoms with Crippen LogP contribution in [0.15, 0.2) is 42.6 Å². The quantitative estimate of drug-likeness (QED) is 0.720. The number of alkyl halides is 2. The number of nitrogens with two attached hydrogens (primary N) is 1. The molecule has 0 bridgehead atoms. The number of aromatic nitrogens is 3. The van der Waals surface area contributed by atoms with Gasteiger partial charge in [-0.05, 0) is 24.3 Å². The molecular formula is C19H20F2N6O. The van der Waals surface area contributed by atoms with Crippen LogP contribution in [-0.4, -0.2) is 44.2 Å². The second kappa shape index (κ2) is 7.16. The molecule has 0 atom stereocenters. The number of amides is 1. The highest BCUT2D eigenvalue weighted by molar-refractivity contribution is 6.02. The lowest BCUT2D eigenvalue weighted by molar-refractivity contribution is -0.0567. The van der Waals surface area contributed by atoms with Gasteiger partial charge >= 0.3 is 0 Å². The monoisotopic (exact) mass is 386 g/mol. The van der Waals surface area contributed by atoms with Gasteiger partial charge in [-0.1, -0.05) is 12.1 Å². The Balaban J connectivity index is 1.58. The first-order chi connectivity index (χ1) is 13.4. The van der Waals surface area contributed by atoms with Crippen LogP contribution >= 0.6 is 0 Å². The molecule has 146 valence electrons. The lowest BCUT2D eigenvalue weighted by atomic mass is 10.1. The third kappa shape index (κ3) is 3.79. The zero-order valence-corrected chi connectivity index (χ0v) is 15.1. The summed E-state index contributed by atoms with van der Waals surface area (Å²) >= 11 is 0. The van der Waals surface area contributed by atoms with E-state index in [1.807, 2.05) is 17.0 Å². The summed E-state index contributed by atoms with van der Waals surface area (Å²) in [5.74, 6) is -2.18. The molecule has 0 radical (unpaired) electrons. The van der Waals surface area contributed by atoms with E-state index in [4.69, 9.17) is 5.73 Å². The first-order valence-electron chi connectivity index (χ1n) is 9.01. The van der Waals surface area contributed by atoms with E-state index in [2.05, 4.69) is 15.3 Å². The van der Waals surface area contributed by atoms with Crippen molar-refractivity contribution in [3.8, 4) is 0 Å². The summed E-state index contributed by atoms with van der Waals surface area (Å²) < 4.78 is 28.5. The van der Waals surface area contributed by atoms with E-state index in [0.29, 0.717) is 37.0 Å². The lowest BCUT2D eigenvalue weighted by Gasteiger charge is -2.31. The second-order valence-electron chi connectivity index (χ2n) is 6.87. The van der Waals surface area contributed by atoms with Crippen molar-refractivity contribution >= 4 is 23.1 Å². The highest BCUT2D eigenvalue weighted by Gasteiger charge is 2.34. The SMILES string of the molecule is Nc1cccc(NC(=O)c2nc(CN3CCC(F)(F)CC3)c3ccccn23)n1. The maximum Gasteiger partial charge on any atom is 0.293 e. The molecule has 9 heteroatoms. The predicted molar refractivity (Wildman–Crippen MR) is 101 cm³/mol. The number of nitrogens with one attached hydrogen (secondary N) is 1. The zero-order valence-electron chi connectivity index (χ0n) is 15.1. The van der Waals surface area contributed by atoms with E-state index < -0.39 is 11.8 Å². The van der Waals surface area contributed by atoms with Crippen LogP contribution in [0.5, 0.6) is 0 Å². The van der Waals surface area contributed by atoms with Crippen molar-refractivity contribution < 1.29 is 13.6 Å². The molecular weight excluding hydrogens is 366 g/mol. The van der Waals surface area contributed by atoms with Crippen molar-refractivity contribution in [2.45, 2.75) is 25.3 Å². The number of likely N-dealkylation sites (tertiary alicyclic amines) is 1. The molecule has 0 saturated carbocycles. The molecule has 3 aromatic heterocycles. The molecule has 1 amide bonds. The summed E-state index contributed by atoms with van der Waals surface area (Å²) in [5, 5.41) is 2.69. The average molecular weight is 386 g/mol.